The van der Waals surface area contributed by atoms with Crippen LogP contribution in [-0.2, 0) is 14.9 Å². The predicted octanol–water partition coefficient (Wildman–Crippen LogP) is 2.59. The Morgan fingerprint density at radius 2 is 1.75 bits per heavy atom. The van der Waals surface area contributed by atoms with Crippen LogP contribution in [0.15, 0.2) is 53.4 Å². The highest BCUT2D eigenvalue weighted by Gasteiger charge is 2.37. The van der Waals surface area contributed by atoms with Gasteiger partial charge in [0.05, 0.1) is 17.0 Å². The number of hydrogen-bond donors (Lipinski definition) is 2. The van der Waals surface area contributed by atoms with Crippen molar-refractivity contribution in [3.05, 3.63) is 65.2 Å². The van der Waals surface area contributed by atoms with Crippen molar-refractivity contribution in [2.75, 3.05) is 27.2 Å². The Morgan fingerprint density at radius 1 is 1.11 bits per heavy atom. The number of carbonyl (C=O) groups is 2. The SMILES string of the molecule is CN(C)C(=O)c1ccc([C@@H]2CN[C@H](C(=O)N3CCC[C@H]3C#N)C2)cc1.Cc1ccc(S(=O)(=O)O)cc1. The van der Waals surface area contributed by atoms with Gasteiger partial charge in [0.1, 0.15) is 6.04 Å². The molecule has 36 heavy (non-hydrogen) atoms. The number of rotatable bonds is 4. The molecule has 192 valence electrons. The van der Waals surface area contributed by atoms with Crippen molar-refractivity contribution in [2.24, 2.45) is 0 Å². The van der Waals surface area contributed by atoms with Crippen LogP contribution in [-0.4, -0.2) is 73.9 Å². The summed E-state index contributed by atoms with van der Waals surface area (Å²) >= 11 is 0. The molecule has 2 aromatic rings. The van der Waals surface area contributed by atoms with E-state index in [-0.39, 0.29) is 34.7 Å². The van der Waals surface area contributed by atoms with Crippen LogP contribution in [0.4, 0.5) is 0 Å². The summed E-state index contributed by atoms with van der Waals surface area (Å²) in [7, 11) is -0.547. The van der Waals surface area contributed by atoms with Gasteiger partial charge < -0.3 is 15.1 Å². The van der Waals surface area contributed by atoms with Gasteiger partial charge in [-0.1, -0.05) is 29.8 Å². The van der Waals surface area contributed by atoms with Crippen LogP contribution in [0.25, 0.3) is 0 Å². The molecule has 9 nitrogen and oxygen atoms in total. The number of hydrogen-bond acceptors (Lipinski definition) is 6. The van der Waals surface area contributed by atoms with E-state index in [9.17, 15) is 23.3 Å². The average Bonchev–Trinajstić information content (AvgIpc) is 3.53. The molecule has 2 saturated heterocycles. The second-order valence-corrected chi connectivity index (χ2v) is 10.7. The van der Waals surface area contributed by atoms with Crippen LogP contribution in [0.1, 0.15) is 46.7 Å². The van der Waals surface area contributed by atoms with Gasteiger partial charge in [0.25, 0.3) is 16.0 Å². The van der Waals surface area contributed by atoms with Gasteiger partial charge in [-0.05, 0) is 61.9 Å². The van der Waals surface area contributed by atoms with E-state index in [2.05, 4.69) is 11.4 Å². The maximum atomic E-state index is 12.7. The van der Waals surface area contributed by atoms with Crippen LogP contribution < -0.4 is 5.32 Å². The summed E-state index contributed by atoms with van der Waals surface area (Å²) in [6.07, 6.45) is 2.41. The molecule has 10 heteroatoms. The summed E-state index contributed by atoms with van der Waals surface area (Å²) in [5, 5.41) is 12.5. The number of carbonyl (C=O) groups excluding carboxylic acids is 2. The number of likely N-dealkylation sites (tertiary alicyclic amines) is 1. The normalized spacial score (nSPS) is 21.3. The summed E-state index contributed by atoms with van der Waals surface area (Å²) in [6.45, 7) is 3.26. The third-order valence-electron chi connectivity index (χ3n) is 6.47. The number of nitrogens with one attached hydrogen (secondary N) is 1. The van der Waals surface area contributed by atoms with E-state index in [1.54, 1.807) is 36.0 Å². The van der Waals surface area contributed by atoms with Crippen LogP contribution in [0.3, 0.4) is 0 Å². The van der Waals surface area contributed by atoms with Crippen LogP contribution >= 0.6 is 0 Å². The van der Waals surface area contributed by atoms with Gasteiger partial charge in [-0.15, -0.1) is 0 Å². The Labute approximate surface area is 212 Å². The lowest BCUT2D eigenvalue weighted by atomic mass is 9.95. The highest BCUT2D eigenvalue weighted by molar-refractivity contribution is 7.85. The topological polar surface area (TPSA) is 131 Å². The lowest BCUT2D eigenvalue weighted by Gasteiger charge is -2.23. The second-order valence-electron chi connectivity index (χ2n) is 9.32. The third-order valence-corrected chi connectivity index (χ3v) is 7.34. The van der Waals surface area contributed by atoms with Gasteiger partial charge in [-0.3, -0.25) is 14.1 Å². The van der Waals surface area contributed by atoms with E-state index < -0.39 is 10.1 Å². The number of benzene rings is 2. The minimum atomic E-state index is -4.02. The molecule has 2 aliphatic rings. The Kier molecular flexibility index (Phi) is 8.84. The van der Waals surface area contributed by atoms with Gasteiger partial charge in [-0.25, -0.2) is 0 Å². The minimum absolute atomic E-state index is 0.0132. The number of amides is 2. The molecule has 3 atom stereocenters. The minimum Gasteiger partial charge on any atom is -0.345 e. The molecule has 2 heterocycles. The number of nitrogens with zero attached hydrogens (tertiary/aromatic N) is 3. The summed E-state index contributed by atoms with van der Waals surface area (Å²) in [6, 6.07) is 15.4. The quantitative estimate of drug-likeness (QED) is 0.602. The van der Waals surface area contributed by atoms with Crippen LogP contribution in [0.2, 0.25) is 0 Å². The number of nitriles is 1. The predicted molar refractivity (Wildman–Crippen MR) is 135 cm³/mol. The molecule has 4 rings (SSSR count). The van der Waals surface area contributed by atoms with Crippen LogP contribution in [0.5, 0.6) is 0 Å². The fraction of sp³-hybridized carbons (Fsp3) is 0.423. The van der Waals surface area contributed by atoms with Gasteiger partial charge in [0.2, 0.25) is 5.91 Å². The van der Waals surface area contributed by atoms with Gasteiger partial charge >= 0.3 is 0 Å². The van der Waals surface area contributed by atoms with Crippen molar-refractivity contribution < 1.29 is 22.6 Å². The first kappa shape index (κ1) is 27.3. The van der Waals surface area contributed by atoms with Crippen molar-refractivity contribution in [3.63, 3.8) is 0 Å². The molecule has 2 aliphatic heterocycles. The van der Waals surface area contributed by atoms with E-state index in [0.29, 0.717) is 12.1 Å². The van der Waals surface area contributed by atoms with Gasteiger partial charge in [-0.2, -0.15) is 13.7 Å². The molecule has 2 fully saturated rings. The first-order valence-electron chi connectivity index (χ1n) is 11.8. The summed E-state index contributed by atoms with van der Waals surface area (Å²) in [5.41, 5.74) is 2.76. The van der Waals surface area contributed by atoms with Crippen molar-refractivity contribution in [1.82, 2.24) is 15.1 Å². The Morgan fingerprint density at radius 3 is 2.31 bits per heavy atom. The standard InChI is InChI=1S/C19H24N4O2.C7H8O3S/c1-22(2)18(24)14-7-5-13(6-8-14)15-10-17(21-12-15)19(25)23-9-3-4-16(23)11-20;1-6-2-4-7(5-3-6)11(8,9)10/h5-8,15-17,21H,3-4,9-10,12H2,1-2H3;2-5H,1H3,(H,8,9,10)/t15-,16-,17-;/m0./s1. The van der Waals surface area contributed by atoms with Crippen molar-refractivity contribution >= 4 is 21.9 Å². The van der Waals surface area contributed by atoms with Crippen molar-refractivity contribution in [2.45, 2.75) is 49.1 Å². The molecule has 2 amide bonds. The van der Waals surface area contributed by atoms with Gasteiger partial charge in [0.15, 0.2) is 0 Å². The lowest BCUT2D eigenvalue weighted by molar-refractivity contribution is -0.133. The van der Waals surface area contributed by atoms with E-state index in [0.717, 1.165) is 36.9 Å². The zero-order chi connectivity index (χ0) is 26.5. The molecule has 2 aromatic carbocycles. The average molecular weight is 513 g/mol. The molecular weight excluding hydrogens is 480 g/mol. The van der Waals surface area contributed by atoms with Crippen LogP contribution in [0, 0.1) is 18.3 Å². The molecule has 0 radical (unpaired) electrons. The zero-order valence-electron chi connectivity index (χ0n) is 20.7. The van der Waals surface area contributed by atoms with Gasteiger partial charge in [0, 0.05) is 32.7 Å². The maximum absolute atomic E-state index is 12.7. The Balaban J connectivity index is 0.000000275. The molecule has 0 unspecified atom stereocenters. The highest BCUT2D eigenvalue weighted by atomic mass is 32.2. The Bertz CT molecular complexity index is 1220. The summed E-state index contributed by atoms with van der Waals surface area (Å²) in [5.74, 6) is 0.285. The van der Waals surface area contributed by atoms with E-state index >= 15 is 0 Å². The van der Waals surface area contributed by atoms with Crippen molar-refractivity contribution in [3.8, 4) is 6.07 Å². The monoisotopic (exact) mass is 512 g/mol. The molecule has 0 aromatic heterocycles. The maximum Gasteiger partial charge on any atom is 0.294 e. The molecule has 0 saturated carbocycles. The fourth-order valence-electron chi connectivity index (χ4n) is 4.41. The number of aryl methyl sites for hydroxylation is 1. The Hall–Kier alpha value is -3.26. The fourth-order valence-corrected chi connectivity index (χ4v) is 4.89. The van der Waals surface area contributed by atoms with E-state index in [1.807, 2.05) is 31.2 Å². The van der Waals surface area contributed by atoms with E-state index in [1.165, 1.54) is 12.1 Å². The summed E-state index contributed by atoms with van der Waals surface area (Å²) < 4.78 is 29.6. The highest BCUT2D eigenvalue weighted by Crippen LogP contribution is 2.28. The lowest BCUT2D eigenvalue weighted by Crippen LogP contribution is -2.45. The molecule has 0 spiro atoms. The molecular formula is C26H32N4O5S. The molecule has 0 aliphatic carbocycles. The molecule has 0 bridgehead atoms. The second kappa shape index (κ2) is 11.6. The first-order valence-corrected chi connectivity index (χ1v) is 13.2. The smallest absolute Gasteiger partial charge is 0.294 e. The third kappa shape index (κ3) is 6.69. The molecule has 2 N–H and O–H groups in total. The van der Waals surface area contributed by atoms with Crippen molar-refractivity contribution in [1.29, 1.82) is 5.26 Å². The summed E-state index contributed by atoms with van der Waals surface area (Å²) in [4.78, 5) is 27.8. The largest absolute Gasteiger partial charge is 0.345 e. The zero-order valence-corrected chi connectivity index (χ0v) is 21.5. The first-order chi connectivity index (χ1) is 17.0. The van der Waals surface area contributed by atoms with E-state index in [4.69, 9.17) is 4.55 Å².